The van der Waals surface area contributed by atoms with Crippen molar-refractivity contribution in [2.75, 3.05) is 6.54 Å². The standard InChI is InChI=1S/C17H28BrN/c1-3-5-6-7-8-12-17(19-13-4-2)15-10-9-11-16(18)14-15/h9-11,14,17,19H,3-8,12-13H2,1-2H3. The Kier molecular flexibility index (Phi) is 9.19. The first-order valence-corrected chi connectivity index (χ1v) is 8.56. The Morgan fingerprint density at radius 2 is 1.84 bits per heavy atom. The Bertz CT molecular complexity index is 338. The molecule has 0 aromatic heterocycles. The van der Waals surface area contributed by atoms with Crippen molar-refractivity contribution < 1.29 is 0 Å². The largest absolute Gasteiger partial charge is 0.310 e. The maximum Gasteiger partial charge on any atom is 0.0320 e. The molecule has 1 rings (SSSR count). The molecule has 1 unspecified atom stereocenters. The molecular weight excluding hydrogens is 298 g/mol. The van der Waals surface area contributed by atoms with Crippen LogP contribution in [0.15, 0.2) is 28.7 Å². The van der Waals surface area contributed by atoms with Crippen LogP contribution in [-0.2, 0) is 0 Å². The fourth-order valence-corrected chi connectivity index (χ4v) is 2.80. The summed E-state index contributed by atoms with van der Waals surface area (Å²) in [6.07, 6.45) is 9.23. The Morgan fingerprint density at radius 3 is 2.53 bits per heavy atom. The summed E-state index contributed by atoms with van der Waals surface area (Å²) in [5, 5.41) is 3.68. The minimum atomic E-state index is 0.513. The molecule has 0 bridgehead atoms. The Labute approximate surface area is 127 Å². The zero-order valence-electron chi connectivity index (χ0n) is 12.4. The van der Waals surface area contributed by atoms with E-state index in [1.54, 1.807) is 0 Å². The van der Waals surface area contributed by atoms with Gasteiger partial charge >= 0.3 is 0 Å². The predicted octanol–water partition coefficient (Wildman–Crippen LogP) is 5.85. The van der Waals surface area contributed by atoms with Crippen LogP contribution in [0.4, 0.5) is 0 Å². The van der Waals surface area contributed by atoms with Crippen molar-refractivity contribution in [3.63, 3.8) is 0 Å². The van der Waals surface area contributed by atoms with E-state index in [1.807, 2.05) is 0 Å². The van der Waals surface area contributed by atoms with Crippen LogP contribution in [0, 0.1) is 0 Å². The highest BCUT2D eigenvalue weighted by atomic mass is 79.9. The SMILES string of the molecule is CCCCCCCC(NCCC)c1cccc(Br)c1. The van der Waals surface area contributed by atoms with Gasteiger partial charge in [0.1, 0.15) is 0 Å². The second-order valence-corrected chi connectivity index (χ2v) is 6.18. The number of halogens is 1. The lowest BCUT2D eigenvalue weighted by atomic mass is 9.99. The zero-order valence-corrected chi connectivity index (χ0v) is 14.0. The Hall–Kier alpha value is -0.340. The molecule has 108 valence electrons. The van der Waals surface area contributed by atoms with E-state index >= 15 is 0 Å². The van der Waals surface area contributed by atoms with Crippen molar-refractivity contribution in [1.82, 2.24) is 5.32 Å². The van der Waals surface area contributed by atoms with Gasteiger partial charge in [0.05, 0.1) is 0 Å². The number of unbranched alkanes of at least 4 members (excludes halogenated alkanes) is 4. The molecule has 0 saturated carbocycles. The van der Waals surface area contributed by atoms with E-state index in [9.17, 15) is 0 Å². The van der Waals surface area contributed by atoms with Gasteiger partial charge in [-0.05, 0) is 37.1 Å². The average Bonchev–Trinajstić information content (AvgIpc) is 2.42. The smallest absolute Gasteiger partial charge is 0.0320 e. The van der Waals surface area contributed by atoms with E-state index < -0.39 is 0 Å². The minimum Gasteiger partial charge on any atom is -0.310 e. The van der Waals surface area contributed by atoms with Crippen LogP contribution in [0.3, 0.4) is 0 Å². The third kappa shape index (κ3) is 7.12. The first-order valence-electron chi connectivity index (χ1n) is 7.76. The highest BCUT2D eigenvalue weighted by Crippen LogP contribution is 2.23. The van der Waals surface area contributed by atoms with Crippen LogP contribution in [0.25, 0.3) is 0 Å². The van der Waals surface area contributed by atoms with Crippen molar-refractivity contribution in [3.8, 4) is 0 Å². The van der Waals surface area contributed by atoms with Gasteiger partial charge in [0, 0.05) is 10.5 Å². The molecule has 1 N–H and O–H groups in total. The minimum absolute atomic E-state index is 0.513. The topological polar surface area (TPSA) is 12.0 Å². The van der Waals surface area contributed by atoms with Crippen LogP contribution < -0.4 is 5.32 Å². The first-order chi connectivity index (χ1) is 9.27. The van der Waals surface area contributed by atoms with Crippen molar-refractivity contribution in [3.05, 3.63) is 34.3 Å². The predicted molar refractivity (Wildman–Crippen MR) is 88.6 cm³/mol. The summed E-state index contributed by atoms with van der Waals surface area (Å²) < 4.78 is 1.18. The number of nitrogens with one attached hydrogen (secondary N) is 1. The molecule has 0 heterocycles. The van der Waals surface area contributed by atoms with Crippen LogP contribution in [0.5, 0.6) is 0 Å². The van der Waals surface area contributed by atoms with Gasteiger partial charge in [-0.3, -0.25) is 0 Å². The maximum absolute atomic E-state index is 3.68. The molecule has 1 aromatic rings. The molecule has 0 spiro atoms. The highest BCUT2D eigenvalue weighted by Gasteiger charge is 2.10. The molecule has 2 heteroatoms. The molecule has 19 heavy (non-hydrogen) atoms. The summed E-state index contributed by atoms with van der Waals surface area (Å²) in [6, 6.07) is 9.24. The molecule has 0 aliphatic carbocycles. The van der Waals surface area contributed by atoms with Crippen LogP contribution in [0.1, 0.15) is 70.4 Å². The molecule has 0 fully saturated rings. The summed E-state index contributed by atoms with van der Waals surface area (Å²) in [6.45, 7) is 5.60. The monoisotopic (exact) mass is 325 g/mol. The van der Waals surface area contributed by atoms with Gasteiger partial charge in [0.2, 0.25) is 0 Å². The molecular formula is C17H28BrN. The van der Waals surface area contributed by atoms with Crippen LogP contribution in [-0.4, -0.2) is 6.54 Å². The van der Waals surface area contributed by atoms with Gasteiger partial charge in [0.15, 0.2) is 0 Å². The zero-order chi connectivity index (χ0) is 13.9. The lowest BCUT2D eigenvalue weighted by molar-refractivity contribution is 0.468. The van der Waals surface area contributed by atoms with Gasteiger partial charge in [-0.1, -0.05) is 74.0 Å². The lowest BCUT2D eigenvalue weighted by Gasteiger charge is -2.19. The summed E-state index contributed by atoms with van der Waals surface area (Å²) >= 11 is 3.57. The van der Waals surface area contributed by atoms with Gasteiger partial charge < -0.3 is 5.32 Å². The van der Waals surface area contributed by atoms with Gasteiger partial charge in [-0.25, -0.2) is 0 Å². The fraction of sp³-hybridized carbons (Fsp3) is 0.647. The van der Waals surface area contributed by atoms with E-state index in [1.165, 1.54) is 55.0 Å². The van der Waals surface area contributed by atoms with E-state index in [0.29, 0.717) is 6.04 Å². The van der Waals surface area contributed by atoms with Gasteiger partial charge in [-0.2, -0.15) is 0 Å². The summed E-state index contributed by atoms with van der Waals surface area (Å²) in [5.74, 6) is 0. The average molecular weight is 326 g/mol. The summed E-state index contributed by atoms with van der Waals surface area (Å²) in [4.78, 5) is 0. The van der Waals surface area contributed by atoms with E-state index in [0.717, 1.165) is 6.54 Å². The van der Waals surface area contributed by atoms with E-state index in [4.69, 9.17) is 0 Å². The molecule has 0 aliphatic heterocycles. The lowest BCUT2D eigenvalue weighted by Crippen LogP contribution is -2.22. The quantitative estimate of drug-likeness (QED) is 0.532. The number of rotatable bonds is 10. The second-order valence-electron chi connectivity index (χ2n) is 5.26. The van der Waals surface area contributed by atoms with Crippen molar-refractivity contribution in [2.45, 2.75) is 64.8 Å². The third-order valence-corrected chi connectivity index (χ3v) is 3.98. The van der Waals surface area contributed by atoms with Gasteiger partial charge in [-0.15, -0.1) is 0 Å². The fourth-order valence-electron chi connectivity index (χ4n) is 2.38. The number of benzene rings is 1. The molecule has 0 aliphatic rings. The number of hydrogen-bond acceptors (Lipinski definition) is 1. The third-order valence-electron chi connectivity index (χ3n) is 3.49. The van der Waals surface area contributed by atoms with E-state index in [2.05, 4.69) is 59.4 Å². The van der Waals surface area contributed by atoms with Crippen molar-refractivity contribution >= 4 is 15.9 Å². The summed E-state index contributed by atoms with van der Waals surface area (Å²) in [7, 11) is 0. The van der Waals surface area contributed by atoms with Crippen LogP contribution >= 0.6 is 15.9 Å². The van der Waals surface area contributed by atoms with Gasteiger partial charge in [0.25, 0.3) is 0 Å². The van der Waals surface area contributed by atoms with E-state index in [-0.39, 0.29) is 0 Å². The van der Waals surface area contributed by atoms with Crippen molar-refractivity contribution in [1.29, 1.82) is 0 Å². The maximum atomic E-state index is 3.68. The second kappa shape index (κ2) is 10.4. The first kappa shape index (κ1) is 16.7. The Morgan fingerprint density at radius 1 is 1.05 bits per heavy atom. The highest BCUT2D eigenvalue weighted by molar-refractivity contribution is 9.10. The molecule has 0 saturated heterocycles. The molecule has 1 aromatic carbocycles. The molecule has 0 amide bonds. The summed E-state index contributed by atoms with van der Waals surface area (Å²) in [5.41, 5.74) is 1.42. The van der Waals surface area contributed by atoms with Crippen molar-refractivity contribution in [2.24, 2.45) is 0 Å². The van der Waals surface area contributed by atoms with Crippen LogP contribution in [0.2, 0.25) is 0 Å². The normalized spacial score (nSPS) is 12.6. The molecule has 0 radical (unpaired) electrons. The molecule has 1 atom stereocenters. The molecule has 1 nitrogen and oxygen atoms in total. The number of hydrogen-bond donors (Lipinski definition) is 1. The Balaban J connectivity index is 2.47.